The first kappa shape index (κ1) is 14.5. The van der Waals surface area contributed by atoms with Crippen LogP contribution in [-0.2, 0) is 10.2 Å². The van der Waals surface area contributed by atoms with Crippen molar-refractivity contribution in [2.45, 2.75) is 70.6 Å². The Bertz CT molecular complexity index is 540. The number of nitrogen functional groups attached to an aromatic ring is 1. The van der Waals surface area contributed by atoms with Crippen LogP contribution in [0.3, 0.4) is 0 Å². The molecule has 0 aliphatic carbocycles. The second-order valence-electron chi connectivity index (χ2n) is 7.12. The molecule has 3 rings (SSSR count). The van der Waals surface area contributed by atoms with E-state index in [1.165, 1.54) is 6.42 Å². The normalized spacial score (nSPS) is 28.0. The summed E-state index contributed by atoms with van der Waals surface area (Å²) >= 11 is 0. The van der Waals surface area contributed by atoms with Crippen molar-refractivity contribution < 1.29 is 4.74 Å². The van der Waals surface area contributed by atoms with E-state index < -0.39 is 0 Å². The molecule has 116 valence electrons. The summed E-state index contributed by atoms with van der Waals surface area (Å²) < 4.78 is 5.90. The number of ether oxygens (including phenoxy) is 1. The fourth-order valence-electron chi connectivity index (χ4n) is 3.10. The molecule has 6 heteroatoms. The van der Waals surface area contributed by atoms with Crippen LogP contribution in [-0.4, -0.2) is 28.2 Å². The van der Waals surface area contributed by atoms with Gasteiger partial charge in [-0.05, 0) is 26.2 Å². The number of nitrogens with zero attached hydrogens (tertiary/aromatic N) is 2. The van der Waals surface area contributed by atoms with Crippen molar-refractivity contribution in [1.82, 2.24) is 9.97 Å². The minimum atomic E-state index is -0.124. The highest BCUT2D eigenvalue weighted by molar-refractivity contribution is 5.57. The predicted molar refractivity (Wildman–Crippen MR) is 83.2 cm³/mol. The molecule has 3 atom stereocenters. The minimum Gasteiger partial charge on any atom is -0.373 e. The van der Waals surface area contributed by atoms with Gasteiger partial charge in [0.05, 0.1) is 18.2 Å². The summed E-state index contributed by atoms with van der Waals surface area (Å²) in [6, 6.07) is 0.343. The fourth-order valence-corrected chi connectivity index (χ4v) is 3.10. The molecule has 6 nitrogen and oxygen atoms in total. The van der Waals surface area contributed by atoms with Crippen molar-refractivity contribution in [3.8, 4) is 0 Å². The third kappa shape index (κ3) is 2.70. The second kappa shape index (κ2) is 5.10. The molecule has 2 bridgehead atoms. The van der Waals surface area contributed by atoms with Crippen LogP contribution in [0.15, 0.2) is 0 Å². The average molecular weight is 291 g/mol. The Morgan fingerprint density at radius 2 is 1.90 bits per heavy atom. The molecule has 2 fully saturated rings. The van der Waals surface area contributed by atoms with Crippen LogP contribution in [0.5, 0.6) is 0 Å². The Morgan fingerprint density at radius 1 is 1.19 bits per heavy atom. The van der Waals surface area contributed by atoms with Gasteiger partial charge in [0, 0.05) is 11.0 Å². The smallest absolute Gasteiger partial charge is 0.148 e. The molecule has 3 heterocycles. The minimum absolute atomic E-state index is 0.124. The molecule has 0 aromatic carbocycles. The molecule has 2 aliphatic heterocycles. The lowest BCUT2D eigenvalue weighted by molar-refractivity contribution is 0.102. The number of hydrazine groups is 1. The number of hydrogen-bond donors (Lipinski definition) is 3. The number of rotatable bonds is 3. The molecule has 4 N–H and O–H groups in total. The second-order valence-corrected chi connectivity index (χ2v) is 7.12. The fraction of sp³-hybridized carbons (Fsp3) is 0.733. The lowest BCUT2D eigenvalue weighted by Gasteiger charge is -2.25. The maximum Gasteiger partial charge on any atom is 0.148 e. The first-order valence-corrected chi connectivity index (χ1v) is 7.66. The monoisotopic (exact) mass is 291 g/mol. The highest BCUT2D eigenvalue weighted by Gasteiger charge is 2.41. The van der Waals surface area contributed by atoms with E-state index in [0.29, 0.717) is 24.1 Å². The molecular formula is C15H25N5O. The molecule has 2 saturated heterocycles. The van der Waals surface area contributed by atoms with Crippen molar-refractivity contribution in [1.29, 1.82) is 0 Å². The Balaban J connectivity index is 1.89. The molecule has 0 amide bonds. The number of hydrogen-bond acceptors (Lipinski definition) is 6. The van der Waals surface area contributed by atoms with Gasteiger partial charge in [-0.15, -0.1) is 0 Å². The molecule has 0 spiro atoms. The first-order chi connectivity index (χ1) is 9.88. The standard InChI is InChI=1S/C15H25N5O/c1-8-12(17-10-7-9-5-6-11(10)21-9)18-14(15(2,3)4)19-13(8)20-16/h9-11H,5-7,16H2,1-4H3,(H2,17,18,19,20). The highest BCUT2D eigenvalue weighted by atomic mass is 16.5. The van der Waals surface area contributed by atoms with Crippen molar-refractivity contribution in [2.24, 2.45) is 5.84 Å². The van der Waals surface area contributed by atoms with Gasteiger partial charge >= 0.3 is 0 Å². The Hall–Kier alpha value is -1.40. The first-order valence-electron chi connectivity index (χ1n) is 7.66. The summed E-state index contributed by atoms with van der Waals surface area (Å²) in [6.07, 6.45) is 4.12. The van der Waals surface area contributed by atoms with Crippen LogP contribution in [0.2, 0.25) is 0 Å². The number of nitrogens with one attached hydrogen (secondary N) is 2. The van der Waals surface area contributed by atoms with Crippen LogP contribution in [0.25, 0.3) is 0 Å². The summed E-state index contributed by atoms with van der Waals surface area (Å²) in [5.74, 6) is 7.94. The number of fused-ring (bicyclic) bond motifs is 2. The lowest BCUT2D eigenvalue weighted by atomic mass is 9.94. The van der Waals surface area contributed by atoms with Gasteiger partial charge in [-0.3, -0.25) is 0 Å². The van der Waals surface area contributed by atoms with Gasteiger partial charge in [-0.2, -0.15) is 0 Å². The SMILES string of the molecule is Cc1c(NN)nc(C(C)(C)C)nc1NC1CC2CCC1O2. The molecule has 1 aromatic heterocycles. The molecule has 21 heavy (non-hydrogen) atoms. The van der Waals surface area contributed by atoms with Crippen molar-refractivity contribution in [3.63, 3.8) is 0 Å². The van der Waals surface area contributed by atoms with E-state index in [4.69, 9.17) is 15.6 Å². The third-order valence-corrected chi connectivity index (χ3v) is 4.38. The predicted octanol–water partition coefficient (Wildman–Crippen LogP) is 2.10. The summed E-state index contributed by atoms with van der Waals surface area (Å²) in [4.78, 5) is 9.25. The van der Waals surface area contributed by atoms with Gasteiger partial charge in [0.2, 0.25) is 0 Å². The zero-order chi connectivity index (χ0) is 15.2. The van der Waals surface area contributed by atoms with Crippen LogP contribution in [0, 0.1) is 6.92 Å². The molecule has 2 aliphatic rings. The van der Waals surface area contributed by atoms with Gasteiger partial charge in [0.25, 0.3) is 0 Å². The summed E-state index contributed by atoms with van der Waals surface area (Å²) in [5, 5.41) is 3.56. The lowest BCUT2D eigenvalue weighted by Crippen LogP contribution is -2.32. The van der Waals surface area contributed by atoms with Gasteiger partial charge < -0.3 is 15.5 Å². The van der Waals surface area contributed by atoms with Crippen LogP contribution in [0.1, 0.15) is 51.4 Å². The van der Waals surface area contributed by atoms with Gasteiger partial charge in [-0.1, -0.05) is 20.8 Å². The van der Waals surface area contributed by atoms with E-state index in [1.807, 2.05) is 6.92 Å². The van der Waals surface area contributed by atoms with Crippen LogP contribution in [0.4, 0.5) is 11.6 Å². The van der Waals surface area contributed by atoms with E-state index in [0.717, 1.165) is 30.0 Å². The van der Waals surface area contributed by atoms with E-state index in [1.54, 1.807) is 0 Å². The third-order valence-electron chi connectivity index (χ3n) is 4.38. The number of nitrogens with two attached hydrogens (primary N) is 1. The Morgan fingerprint density at radius 3 is 2.43 bits per heavy atom. The van der Waals surface area contributed by atoms with E-state index in [2.05, 4.69) is 36.5 Å². The summed E-state index contributed by atoms with van der Waals surface area (Å²) in [6.45, 7) is 8.28. The Kier molecular flexibility index (Phi) is 3.53. The molecule has 1 aromatic rings. The van der Waals surface area contributed by atoms with Crippen LogP contribution < -0.4 is 16.6 Å². The maximum absolute atomic E-state index is 5.90. The van der Waals surface area contributed by atoms with E-state index in [9.17, 15) is 0 Å². The van der Waals surface area contributed by atoms with Crippen molar-refractivity contribution in [2.75, 3.05) is 10.7 Å². The topological polar surface area (TPSA) is 85.1 Å². The molecule has 3 unspecified atom stereocenters. The van der Waals surface area contributed by atoms with Gasteiger partial charge in [0.1, 0.15) is 17.5 Å². The Labute approximate surface area is 125 Å². The van der Waals surface area contributed by atoms with Gasteiger partial charge in [0.15, 0.2) is 0 Å². The maximum atomic E-state index is 5.90. The zero-order valence-corrected chi connectivity index (χ0v) is 13.2. The van der Waals surface area contributed by atoms with E-state index in [-0.39, 0.29) is 5.41 Å². The zero-order valence-electron chi connectivity index (χ0n) is 13.2. The largest absolute Gasteiger partial charge is 0.373 e. The van der Waals surface area contributed by atoms with Crippen molar-refractivity contribution in [3.05, 3.63) is 11.4 Å². The van der Waals surface area contributed by atoms with E-state index >= 15 is 0 Å². The molecular weight excluding hydrogens is 266 g/mol. The summed E-state index contributed by atoms with van der Waals surface area (Å²) in [7, 11) is 0. The van der Waals surface area contributed by atoms with Crippen LogP contribution >= 0.6 is 0 Å². The average Bonchev–Trinajstić information content (AvgIpc) is 3.02. The summed E-state index contributed by atoms with van der Waals surface area (Å²) in [5.41, 5.74) is 3.51. The number of aromatic nitrogens is 2. The molecule has 0 saturated carbocycles. The van der Waals surface area contributed by atoms with Crippen molar-refractivity contribution >= 4 is 11.6 Å². The van der Waals surface area contributed by atoms with Gasteiger partial charge in [-0.25, -0.2) is 15.8 Å². The highest BCUT2D eigenvalue weighted by Crippen LogP contribution is 2.36. The number of anilines is 2. The quantitative estimate of drug-likeness (QED) is 0.584. The molecule has 0 radical (unpaired) electrons.